The fraction of sp³-hybridized carbons (Fsp3) is 0.750. The zero-order chi connectivity index (χ0) is 13.6. The Hall–Kier alpha value is -1.26. The molecule has 6 N–H and O–H groups in total. The lowest BCUT2D eigenvalue weighted by molar-refractivity contribution is -0.183. The van der Waals surface area contributed by atoms with Crippen molar-refractivity contribution in [3.63, 3.8) is 0 Å². The summed E-state index contributed by atoms with van der Waals surface area (Å²) < 4.78 is 4.15. The van der Waals surface area contributed by atoms with Gasteiger partial charge in [0, 0.05) is 0 Å². The van der Waals surface area contributed by atoms with Gasteiger partial charge < -0.3 is 35.4 Å². The van der Waals surface area contributed by atoms with E-state index in [0.29, 0.717) is 0 Å². The fourth-order valence-electron chi connectivity index (χ4n) is 0.960. The minimum Gasteiger partial charge on any atom is -0.478 e. The maximum absolute atomic E-state index is 10.7. The summed E-state index contributed by atoms with van der Waals surface area (Å²) in [5.74, 6) is -3.09. The van der Waals surface area contributed by atoms with Crippen molar-refractivity contribution in [1.82, 2.24) is 0 Å². The van der Waals surface area contributed by atoms with Gasteiger partial charge in [0.25, 0.3) is 0 Å². The van der Waals surface area contributed by atoms with Crippen molar-refractivity contribution in [2.45, 2.75) is 24.4 Å². The number of hydrogen-bond acceptors (Lipinski definition) is 8. The molecule has 0 aliphatic rings. The van der Waals surface area contributed by atoms with Crippen LogP contribution in [0.1, 0.15) is 0 Å². The molecule has 4 atom stereocenters. The van der Waals surface area contributed by atoms with Crippen molar-refractivity contribution in [3.8, 4) is 0 Å². The molecule has 0 radical (unpaired) electrons. The summed E-state index contributed by atoms with van der Waals surface area (Å²) in [6, 6.07) is 0. The van der Waals surface area contributed by atoms with Crippen LogP contribution in [0.25, 0.3) is 0 Å². The topological polar surface area (TPSA) is 165 Å². The summed E-state index contributed by atoms with van der Waals surface area (Å²) in [6.45, 7) is -2.02. The maximum Gasteiger partial charge on any atom is 0.347 e. The number of aliphatic carboxylic acids is 1. The van der Waals surface area contributed by atoms with Crippen LogP contribution in [0.2, 0.25) is 0 Å². The number of carbonyl (C=O) groups is 2. The Balaban J connectivity index is 4.70. The zero-order valence-electron chi connectivity index (χ0n) is 8.63. The first kappa shape index (κ1) is 15.7. The van der Waals surface area contributed by atoms with E-state index in [9.17, 15) is 19.8 Å². The lowest BCUT2D eigenvalue weighted by atomic mass is 10.0. The number of aliphatic hydroxyl groups excluding tert-OH is 5. The largest absolute Gasteiger partial charge is 0.478 e. The van der Waals surface area contributed by atoms with Gasteiger partial charge in [0.15, 0.2) is 0 Å². The van der Waals surface area contributed by atoms with E-state index >= 15 is 0 Å². The molecule has 0 spiro atoms. The average molecular weight is 254 g/mol. The van der Waals surface area contributed by atoms with E-state index in [-0.39, 0.29) is 0 Å². The summed E-state index contributed by atoms with van der Waals surface area (Å²) in [6.07, 6.45) is -8.12. The highest BCUT2D eigenvalue weighted by Crippen LogP contribution is 2.09. The Labute approximate surface area is 95.5 Å². The van der Waals surface area contributed by atoms with Gasteiger partial charge in [-0.25, -0.2) is 9.59 Å². The van der Waals surface area contributed by atoms with E-state index in [0.717, 1.165) is 0 Å². The lowest BCUT2D eigenvalue weighted by Gasteiger charge is -2.25. The smallest absolute Gasteiger partial charge is 0.347 e. The van der Waals surface area contributed by atoms with E-state index in [2.05, 4.69) is 4.74 Å². The summed E-state index contributed by atoms with van der Waals surface area (Å²) in [5.41, 5.74) is 0. The van der Waals surface area contributed by atoms with E-state index in [1.54, 1.807) is 0 Å². The Bertz CT molecular complexity index is 266. The van der Waals surface area contributed by atoms with Gasteiger partial charge in [-0.1, -0.05) is 0 Å². The van der Waals surface area contributed by atoms with Gasteiger partial charge in [-0.2, -0.15) is 0 Å². The van der Waals surface area contributed by atoms with Crippen LogP contribution in [0.4, 0.5) is 0 Å². The predicted molar refractivity (Wildman–Crippen MR) is 49.7 cm³/mol. The molecule has 0 saturated carbocycles. The van der Waals surface area contributed by atoms with Crippen molar-refractivity contribution in [2.75, 3.05) is 13.2 Å². The highest BCUT2D eigenvalue weighted by molar-refractivity contribution is 5.79. The van der Waals surface area contributed by atoms with Gasteiger partial charge in [-0.3, -0.25) is 0 Å². The summed E-state index contributed by atoms with van der Waals surface area (Å²) in [4.78, 5) is 21.3. The third-order valence-electron chi connectivity index (χ3n) is 1.87. The van der Waals surface area contributed by atoms with Crippen LogP contribution in [-0.2, 0) is 14.3 Å². The number of carbonyl (C=O) groups excluding carboxylic acids is 1. The number of rotatable bonds is 7. The molecule has 17 heavy (non-hydrogen) atoms. The molecule has 9 nitrogen and oxygen atoms in total. The first-order valence-corrected chi connectivity index (χ1v) is 4.53. The molecule has 0 aliphatic heterocycles. The highest BCUT2D eigenvalue weighted by Gasteiger charge is 2.38. The van der Waals surface area contributed by atoms with Crippen LogP contribution < -0.4 is 0 Å². The van der Waals surface area contributed by atoms with E-state index in [1.165, 1.54) is 0 Å². The molecule has 0 bridgehead atoms. The fourth-order valence-corrected chi connectivity index (χ4v) is 0.960. The molecule has 0 heterocycles. The predicted octanol–water partition coefficient (Wildman–Crippen LogP) is -3.95. The van der Waals surface area contributed by atoms with Gasteiger partial charge in [-0.05, 0) is 0 Å². The Morgan fingerprint density at radius 3 is 1.94 bits per heavy atom. The lowest BCUT2D eigenvalue weighted by Crippen LogP contribution is -2.50. The van der Waals surface area contributed by atoms with Gasteiger partial charge in [0.1, 0.15) is 24.9 Å². The zero-order valence-corrected chi connectivity index (χ0v) is 8.63. The van der Waals surface area contributed by atoms with Crippen LogP contribution in [0.15, 0.2) is 0 Å². The molecule has 0 aromatic rings. The van der Waals surface area contributed by atoms with Crippen molar-refractivity contribution in [2.24, 2.45) is 0 Å². The van der Waals surface area contributed by atoms with Crippen molar-refractivity contribution < 1.29 is 45.0 Å². The van der Waals surface area contributed by atoms with Crippen molar-refractivity contribution >= 4 is 11.9 Å². The molecule has 0 aromatic heterocycles. The quantitative estimate of drug-likeness (QED) is 0.249. The second kappa shape index (κ2) is 7.14. The van der Waals surface area contributed by atoms with Crippen molar-refractivity contribution in [3.05, 3.63) is 0 Å². The molecule has 100 valence electrons. The average Bonchev–Trinajstić information content (AvgIpc) is 2.32. The number of carboxylic acid groups (broad SMARTS) is 1. The van der Waals surface area contributed by atoms with E-state index < -0.39 is 49.6 Å². The second-order valence-electron chi connectivity index (χ2n) is 3.14. The maximum atomic E-state index is 10.7. The normalized spacial score (nSPS) is 17.9. The Kier molecular flexibility index (Phi) is 6.61. The molecule has 0 aromatic carbocycles. The third kappa shape index (κ3) is 4.63. The molecule has 0 unspecified atom stereocenters. The van der Waals surface area contributed by atoms with Crippen LogP contribution in [0.3, 0.4) is 0 Å². The molecule has 0 saturated heterocycles. The van der Waals surface area contributed by atoms with Gasteiger partial charge in [0.2, 0.25) is 6.10 Å². The number of hydrogen-bond donors (Lipinski definition) is 6. The molecule has 0 aliphatic carbocycles. The second-order valence-corrected chi connectivity index (χ2v) is 3.14. The third-order valence-corrected chi connectivity index (χ3v) is 1.87. The molecule has 0 amide bonds. The van der Waals surface area contributed by atoms with Crippen LogP contribution in [0.5, 0.6) is 0 Å². The molecule has 0 rings (SSSR count). The molecule has 9 heteroatoms. The standard InChI is InChI=1S/C8H14O9/c9-1-3(11)5(13)6(14)7(8(15)16)17-4(12)2-10/h3,5-7,9-11,13-14H,1-2H2,(H,15,16)/t3-,5-,6+,7-/m1/s1. The molecular weight excluding hydrogens is 240 g/mol. The van der Waals surface area contributed by atoms with E-state index in [4.69, 9.17) is 20.4 Å². The summed E-state index contributed by atoms with van der Waals surface area (Å²) >= 11 is 0. The monoisotopic (exact) mass is 254 g/mol. The first-order valence-electron chi connectivity index (χ1n) is 4.53. The van der Waals surface area contributed by atoms with Crippen LogP contribution in [-0.4, -0.2) is 80.2 Å². The minimum absolute atomic E-state index is 0.918. The van der Waals surface area contributed by atoms with Crippen LogP contribution >= 0.6 is 0 Å². The van der Waals surface area contributed by atoms with Crippen molar-refractivity contribution in [1.29, 1.82) is 0 Å². The van der Waals surface area contributed by atoms with Crippen LogP contribution in [0, 0.1) is 0 Å². The summed E-state index contributed by atoms with van der Waals surface area (Å²) in [7, 11) is 0. The van der Waals surface area contributed by atoms with Gasteiger partial charge in [-0.15, -0.1) is 0 Å². The Morgan fingerprint density at radius 1 is 1.06 bits per heavy atom. The summed E-state index contributed by atoms with van der Waals surface area (Å²) in [5, 5.41) is 53.0. The Morgan fingerprint density at radius 2 is 1.59 bits per heavy atom. The number of esters is 1. The number of aliphatic hydroxyl groups is 5. The molecular formula is C8H14O9. The van der Waals surface area contributed by atoms with Gasteiger partial charge in [0.05, 0.1) is 6.61 Å². The first-order chi connectivity index (χ1) is 7.84. The number of ether oxygens (including phenoxy) is 1. The SMILES string of the molecule is O=C(CO)O[C@@H](C(=O)O)[C@@H](O)[C@H](O)[C@H](O)CO. The highest BCUT2D eigenvalue weighted by atomic mass is 16.6. The van der Waals surface area contributed by atoms with Gasteiger partial charge >= 0.3 is 11.9 Å². The molecule has 0 fully saturated rings. The van der Waals surface area contributed by atoms with E-state index in [1.807, 2.05) is 0 Å². The minimum atomic E-state index is -2.16. The number of carboxylic acids is 1.